The molecule has 192 valence electrons. The van der Waals surface area contributed by atoms with Gasteiger partial charge < -0.3 is 19.5 Å². The van der Waals surface area contributed by atoms with Gasteiger partial charge in [0.05, 0.1) is 17.8 Å². The third-order valence-electron chi connectivity index (χ3n) is 4.89. The van der Waals surface area contributed by atoms with E-state index in [1.54, 1.807) is 42.5 Å². The standard InChI is InChI=1S/C28H28ClN3O5/c1-4-14-36-25-13-9-21(16-26(25)35-5-2)28(34)32-30-17-20-8-12-24(23(29)15-20)37-18-27(33)31-22-10-6-19(3)7-11-22/h4,6-13,15-17H,1,5,14,18H2,2-3H3,(H,31,33)(H,32,34)/b30-17+. The second-order valence-corrected chi connectivity index (χ2v) is 8.19. The van der Waals surface area contributed by atoms with Gasteiger partial charge in [-0.05, 0) is 67.9 Å². The first-order valence-corrected chi connectivity index (χ1v) is 11.9. The van der Waals surface area contributed by atoms with Crippen molar-refractivity contribution < 1.29 is 23.8 Å². The predicted octanol–water partition coefficient (Wildman–Crippen LogP) is 5.39. The first-order valence-electron chi connectivity index (χ1n) is 11.5. The molecule has 0 aliphatic carbocycles. The first kappa shape index (κ1) is 27.3. The van der Waals surface area contributed by atoms with Gasteiger partial charge in [0.1, 0.15) is 12.4 Å². The normalized spacial score (nSPS) is 10.6. The number of hydrogen-bond donors (Lipinski definition) is 2. The topological polar surface area (TPSA) is 98.3 Å². The number of aryl methyl sites for hydroxylation is 1. The van der Waals surface area contributed by atoms with Crippen molar-refractivity contribution in [2.45, 2.75) is 13.8 Å². The Bertz CT molecular complexity index is 1280. The second kappa shape index (κ2) is 13.7. The summed E-state index contributed by atoms with van der Waals surface area (Å²) in [5, 5.41) is 7.05. The molecule has 3 rings (SSSR count). The van der Waals surface area contributed by atoms with Gasteiger partial charge in [0.15, 0.2) is 18.1 Å². The molecular formula is C28H28ClN3O5. The Hall–Kier alpha value is -4.30. The molecule has 0 aromatic heterocycles. The quantitative estimate of drug-likeness (QED) is 0.189. The molecule has 0 atom stereocenters. The second-order valence-electron chi connectivity index (χ2n) is 7.79. The molecular weight excluding hydrogens is 494 g/mol. The molecule has 3 aromatic carbocycles. The third-order valence-corrected chi connectivity index (χ3v) is 5.19. The third kappa shape index (κ3) is 8.40. The molecule has 0 aliphatic heterocycles. The van der Waals surface area contributed by atoms with Gasteiger partial charge >= 0.3 is 0 Å². The molecule has 0 spiro atoms. The van der Waals surface area contributed by atoms with Crippen molar-refractivity contribution in [1.82, 2.24) is 5.43 Å². The van der Waals surface area contributed by atoms with Crippen LogP contribution in [0.15, 0.2) is 78.4 Å². The maximum absolute atomic E-state index is 12.5. The van der Waals surface area contributed by atoms with Crippen LogP contribution in [-0.2, 0) is 4.79 Å². The lowest BCUT2D eigenvalue weighted by atomic mass is 10.2. The summed E-state index contributed by atoms with van der Waals surface area (Å²) < 4.78 is 16.6. The lowest BCUT2D eigenvalue weighted by Gasteiger charge is -2.12. The Morgan fingerprint density at radius 3 is 2.43 bits per heavy atom. The Kier molecular flexibility index (Phi) is 10.1. The fraction of sp³-hybridized carbons (Fsp3) is 0.179. The van der Waals surface area contributed by atoms with Gasteiger partial charge in [-0.15, -0.1) is 0 Å². The summed E-state index contributed by atoms with van der Waals surface area (Å²) in [6.07, 6.45) is 3.07. The summed E-state index contributed by atoms with van der Waals surface area (Å²) >= 11 is 6.29. The van der Waals surface area contributed by atoms with Crippen LogP contribution >= 0.6 is 11.6 Å². The van der Waals surface area contributed by atoms with Crippen molar-refractivity contribution in [3.05, 3.63) is 95.0 Å². The number of carbonyl (C=O) groups is 2. The van der Waals surface area contributed by atoms with Gasteiger partial charge in [-0.1, -0.05) is 42.0 Å². The molecule has 0 bridgehead atoms. The van der Waals surface area contributed by atoms with Gasteiger partial charge in [-0.3, -0.25) is 9.59 Å². The molecule has 2 N–H and O–H groups in total. The van der Waals surface area contributed by atoms with Crippen LogP contribution in [0.3, 0.4) is 0 Å². The summed E-state index contributed by atoms with van der Waals surface area (Å²) in [6.45, 7) is 7.98. The van der Waals surface area contributed by atoms with E-state index < -0.39 is 5.91 Å². The Morgan fingerprint density at radius 1 is 0.973 bits per heavy atom. The van der Waals surface area contributed by atoms with Crippen molar-refractivity contribution in [3.8, 4) is 17.2 Å². The molecule has 8 nitrogen and oxygen atoms in total. The number of carbonyl (C=O) groups excluding carboxylic acids is 2. The van der Waals surface area contributed by atoms with Gasteiger partial charge in [0.25, 0.3) is 11.8 Å². The largest absolute Gasteiger partial charge is 0.490 e. The Labute approximate surface area is 220 Å². The minimum absolute atomic E-state index is 0.196. The highest BCUT2D eigenvalue weighted by molar-refractivity contribution is 6.32. The van der Waals surface area contributed by atoms with Gasteiger partial charge in [-0.2, -0.15) is 5.10 Å². The van der Waals surface area contributed by atoms with E-state index in [9.17, 15) is 9.59 Å². The van der Waals surface area contributed by atoms with Crippen molar-refractivity contribution >= 4 is 35.3 Å². The highest BCUT2D eigenvalue weighted by Gasteiger charge is 2.11. The maximum atomic E-state index is 12.5. The monoisotopic (exact) mass is 521 g/mol. The zero-order valence-electron chi connectivity index (χ0n) is 20.6. The van der Waals surface area contributed by atoms with Crippen molar-refractivity contribution in [2.24, 2.45) is 5.10 Å². The lowest BCUT2D eigenvalue weighted by molar-refractivity contribution is -0.118. The smallest absolute Gasteiger partial charge is 0.271 e. The number of halogens is 1. The van der Waals surface area contributed by atoms with Crippen LogP contribution in [0.5, 0.6) is 17.2 Å². The molecule has 37 heavy (non-hydrogen) atoms. The van der Waals surface area contributed by atoms with E-state index in [1.165, 1.54) is 6.21 Å². The van der Waals surface area contributed by atoms with E-state index in [1.807, 2.05) is 38.1 Å². The molecule has 0 unspecified atom stereocenters. The highest BCUT2D eigenvalue weighted by Crippen LogP contribution is 2.29. The van der Waals surface area contributed by atoms with Crippen LogP contribution in [0, 0.1) is 6.92 Å². The number of benzene rings is 3. The summed E-state index contributed by atoms with van der Waals surface area (Å²) in [6, 6.07) is 17.3. The fourth-order valence-electron chi connectivity index (χ4n) is 3.11. The Balaban J connectivity index is 1.54. The highest BCUT2D eigenvalue weighted by atomic mass is 35.5. The van der Waals surface area contributed by atoms with Crippen LogP contribution in [0.25, 0.3) is 0 Å². The van der Waals surface area contributed by atoms with E-state index in [0.29, 0.717) is 52.3 Å². The number of amides is 2. The van der Waals surface area contributed by atoms with Crippen LogP contribution in [0.2, 0.25) is 5.02 Å². The van der Waals surface area contributed by atoms with Gasteiger partial charge in [0.2, 0.25) is 0 Å². The number of anilines is 1. The van der Waals surface area contributed by atoms with E-state index in [0.717, 1.165) is 5.56 Å². The number of hydrogen-bond acceptors (Lipinski definition) is 6. The molecule has 3 aromatic rings. The van der Waals surface area contributed by atoms with Gasteiger partial charge in [0, 0.05) is 11.3 Å². The predicted molar refractivity (Wildman–Crippen MR) is 145 cm³/mol. The van der Waals surface area contributed by atoms with Crippen molar-refractivity contribution in [3.63, 3.8) is 0 Å². The van der Waals surface area contributed by atoms with Crippen molar-refractivity contribution in [2.75, 3.05) is 25.1 Å². The minimum Gasteiger partial charge on any atom is -0.490 e. The summed E-state index contributed by atoms with van der Waals surface area (Å²) in [7, 11) is 0. The van der Waals surface area contributed by atoms with Gasteiger partial charge in [-0.25, -0.2) is 5.43 Å². The number of nitrogens with one attached hydrogen (secondary N) is 2. The number of nitrogens with zero attached hydrogens (tertiary/aromatic N) is 1. The summed E-state index contributed by atoms with van der Waals surface area (Å²) in [5.41, 5.74) is 5.24. The molecule has 2 amide bonds. The van der Waals surface area contributed by atoms with E-state index in [4.69, 9.17) is 25.8 Å². The molecule has 0 fully saturated rings. The van der Waals surface area contributed by atoms with Crippen LogP contribution in [0.1, 0.15) is 28.4 Å². The first-order chi connectivity index (χ1) is 17.9. The number of ether oxygens (including phenoxy) is 3. The average molecular weight is 522 g/mol. The van der Waals surface area contributed by atoms with Crippen LogP contribution in [0.4, 0.5) is 5.69 Å². The van der Waals surface area contributed by atoms with E-state index in [2.05, 4.69) is 22.4 Å². The number of rotatable bonds is 12. The summed E-state index contributed by atoms with van der Waals surface area (Å²) in [5.74, 6) is 0.602. The van der Waals surface area contributed by atoms with Crippen LogP contribution in [-0.4, -0.2) is 37.8 Å². The van der Waals surface area contributed by atoms with Crippen molar-refractivity contribution in [1.29, 1.82) is 0 Å². The zero-order chi connectivity index (χ0) is 26.6. The maximum Gasteiger partial charge on any atom is 0.271 e. The van der Waals surface area contributed by atoms with E-state index >= 15 is 0 Å². The van der Waals surface area contributed by atoms with E-state index in [-0.39, 0.29) is 12.5 Å². The minimum atomic E-state index is -0.418. The summed E-state index contributed by atoms with van der Waals surface area (Å²) in [4.78, 5) is 24.6. The molecule has 0 heterocycles. The SMILES string of the molecule is C=CCOc1ccc(C(=O)N/N=C/c2ccc(OCC(=O)Nc3ccc(C)cc3)c(Cl)c2)cc1OCC. The lowest BCUT2D eigenvalue weighted by Crippen LogP contribution is -2.20. The molecule has 0 saturated carbocycles. The molecule has 0 saturated heterocycles. The van der Waals surface area contributed by atoms with Crippen LogP contribution < -0.4 is 25.0 Å². The molecule has 0 aliphatic rings. The molecule has 9 heteroatoms. The number of hydrazone groups is 1. The average Bonchev–Trinajstić information content (AvgIpc) is 2.89. The fourth-order valence-corrected chi connectivity index (χ4v) is 3.35. The molecule has 0 radical (unpaired) electrons. The zero-order valence-corrected chi connectivity index (χ0v) is 21.4. The Morgan fingerprint density at radius 2 is 1.73 bits per heavy atom.